The summed E-state index contributed by atoms with van der Waals surface area (Å²) >= 11 is 3.50. The van der Waals surface area contributed by atoms with Crippen LogP contribution in [0.15, 0.2) is 30.3 Å². The molecular weight excluding hydrogens is 268 g/mol. The van der Waals surface area contributed by atoms with Crippen molar-refractivity contribution in [1.82, 2.24) is 0 Å². The molecule has 1 aromatic carbocycles. The Labute approximate surface area is 105 Å². The first-order chi connectivity index (χ1) is 7.84. The van der Waals surface area contributed by atoms with Gasteiger partial charge in [-0.1, -0.05) is 47.0 Å². The maximum absolute atomic E-state index is 5.82. The Kier molecular flexibility index (Phi) is 4.67. The largest absolute Gasteiger partial charge is 0.490 e. The fraction of sp³-hybridized carbons (Fsp3) is 0.538. The highest BCUT2D eigenvalue weighted by molar-refractivity contribution is 9.09. The van der Waals surface area contributed by atoms with E-state index in [2.05, 4.69) is 15.9 Å². The maximum Gasteiger partial charge on any atom is 0.146 e. The molecule has 1 unspecified atom stereocenters. The molecular formula is C13H17BrO2. The molecule has 0 spiro atoms. The third-order valence-corrected chi connectivity index (χ3v) is 3.25. The van der Waals surface area contributed by atoms with Gasteiger partial charge in [0.2, 0.25) is 0 Å². The summed E-state index contributed by atoms with van der Waals surface area (Å²) < 4.78 is 11.4. The van der Waals surface area contributed by atoms with Crippen molar-refractivity contribution in [3.05, 3.63) is 30.3 Å². The van der Waals surface area contributed by atoms with Crippen LogP contribution in [-0.4, -0.2) is 17.7 Å². The summed E-state index contributed by atoms with van der Waals surface area (Å²) in [7, 11) is 0. The van der Waals surface area contributed by atoms with Crippen LogP contribution >= 0.6 is 15.9 Å². The molecule has 0 aliphatic heterocycles. The van der Waals surface area contributed by atoms with E-state index in [1.54, 1.807) is 0 Å². The van der Waals surface area contributed by atoms with E-state index in [1.165, 1.54) is 25.7 Å². The van der Waals surface area contributed by atoms with E-state index in [1.807, 2.05) is 30.3 Å². The number of hydrogen-bond donors (Lipinski definition) is 0. The number of para-hydroxylation sites is 1. The lowest BCUT2D eigenvalue weighted by Gasteiger charge is -2.17. The minimum atomic E-state index is -0.00388. The Hall–Kier alpha value is -0.540. The van der Waals surface area contributed by atoms with Crippen molar-refractivity contribution in [2.75, 3.05) is 6.61 Å². The van der Waals surface area contributed by atoms with Crippen LogP contribution in [0.2, 0.25) is 0 Å². The van der Waals surface area contributed by atoms with Crippen LogP contribution in [-0.2, 0) is 4.74 Å². The van der Waals surface area contributed by atoms with Gasteiger partial charge < -0.3 is 9.47 Å². The van der Waals surface area contributed by atoms with Gasteiger partial charge in [-0.25, -0.2) is 0 Å². The van der Waals surface area contributed by atoms with Crippen molar-refractivity contribution in [2.24, 2.45) is 0 Å². The zero-order valence-electron chi connectivity index (χ0n) is 9.27. The maximum atomic E-state index is 5.82. The van der Waals surface area contributed by atoms with Gasteiger partial charge in [0, 0.05) is 0 Å². The van der Waals surface area contributed by atoms with Gasteiger partial charge >= 0.3 is 0 Å². The van der Waals surface area contributed by atoms with Gasteiger partial charge in [-0.3, -0.25) is 0 Å². The molecule has 2 nitrogen and oxygen atoms in total. The molecule has 0 bridgehead atoms. The first-order valence-electron chi connectivity index (χ1n) is 5.82. The van der Waals surface area contributed by atoms with E-state index in [-0.39, 0.29) is 5.01 Å². The normalized spacial score (nSPS) is 18.6. The first-order valence-corrected chi connectivity index (χ1v) is 6.73. The average molecular weight is 285 g/mol. The zero-order chi connectivity index (χ0) is 11.2. The second-order valence-corrected chi connectivity index (χ2v) is 5.10. The number of benzene rings is 1. The molecule has 1 saturated carbocycles. The Morgan fingerprint density at radius 3 is 2.56 bits per heavy atom. The smallest absolute Gasteiger partial charge is 0.146 e. The van der Waals surface area contributed by atoms with Crippen molar-refractivity contribution >= 4 is 15.9 Å². The Morgan fingerprint density at radius 1 is 1.19 bits per heavy atom. The van der Waals surface area contributed by atoms with Gasteiger partial charge in [0.05, 0.1) is 6.10 Å². The summed E-state index contributed by atoms with van der Waals surface area (Å²) in [6.45, 7) is 0.556. The fourth-order valence-corrected chi connectivity index (χ4v) is 2.39. The molecule has 1 fully saturated rings. The minimum absolute atomic E-state index is 0.00388. The number of alkyl halides is 1. The topological polar surface area (TPSA) is 18.5 Å². The molecule has 16 heavy (non-hydrogen) atoms. The van der Waals surface area contributed by atoms with Gasteiger partial charge in [0.25, 0.3) is 0 Å². The predicted octanol–water partition coefficient (Wildman–Crippen LogP) is 3.75. The van der Waals surface area contributed by atoms with Gasteiger partial charge in [-0.15, -0.1) is 0 Å². The van der Waals surface area contributed by atoms with Crippen LogP contribution in [0, 0.1) is 0 Å². The number of rotatable bonds is 5. The number of halogens is 1. The van der Waals surface area contributed by atoms with Crippen LogP contribution < -0.4 is 4.74 Å². The van der Waals surface area contributed by atoms with Gasteiger partial charge in [-0.2, -0.15) is 0 Å². The summed E-state index contributed by atoms with van der Waals surface area (Å²) in [5.74, 6) is 0.891. The Morgan fingerprint density at radius 2 is 1.88 bits per heavy atom. The summed E-state index contributed by atoms with van der Waals surface area (Å²) in [4.78, 5) is 0. The van der Waals surface area contributed by atoms with E-state index in [0.717, 1.165) is 5.75 Å². The quantitative estimate of drug-likeness (QED) is 0.767. The predicted molar refractivity (Wildman–Crippen MR) is 68.0 cm³/mol. The highest BCUT2D eigenvalue weighted by Gasteiger charge is 2.19. The summed E-state index contributed by atoms with van der Waals surface area (Å²) in [5.41, 5.74) is 0. The molecule has 88 valence electrons. The van der Waals surface area contributed by atoms with E-state index in [0.29, 0.717) is 12.7 Å². The standard InChI is InChI=1S/C13H17BrO2/c14-13(16-12-8-4-5-9-12)10-15-11-6-2-1-3-7-11/h1-3,6-7,12-13H,4-5,8-10H2. The molecule has 0 amide bonds. The van der Waals surface area contributed by atoms with Gasteiger partial charge in [0.15, 0.2) is 0 Å². The summed E-state index contributed by atoms with van der Waals surface area (Å²) in [6, 6.07) is 9.82. The van der Waals surface area contributed by atoms with Crippen molar-refractivity contribution in [3.8, 4) is 5.75 Å². The third-order valence-electron chi connectivity index (χ3n) is 2.77. The second kappa shape index (κ2) is 6.26. The highest BCUT2D eigenvalue weighted by atomic mass is 79.9. The molecule has 0 heterocycles. The average Bonchev–Trinajstić information content (AvgIpc) is 2.81. The van der Waals surface area contributed by atoms with Crippen LogP contribution in [0.1, 0.15) is 25.7 Å². The summed E-state index contributed by atoms with van der Waals surface area (Å²) in [6.07, 6.45) is 5.39. The molecule has 1 atom stereocenters. The Balaban J connectivity index is 1.69. The van der Waals surface area contributed by atoms with E-state index >= 15 is 0 Å². The lowest BCUT2D eigenvalue weighted by Crippen LogP contribution is -2.20. The molecule has 2 rings (SSSR count). The number of ether oxygens (including phenoxy) is 2. The molecule has 0 radical (unpaired) electrons. The monoisotopic (exact) mass is 284 g/mol. The van der Waals surface area contributed by atoms with Gasteiger partial charge in [0.1, 0.15) is 17.4 Å². The van der Waals surface area contributed by atoms with Crippen LogP contribution in [0.5, 0.6) is 5.75 Å². The van der Waals surface area contributed by atoms with Gasteiger partial charge in [-0.05, 0) is 25.0 Å². The first kappa shape index (κ1) is 11.9. The van der Waals surface area contributed by atoms with Crippen LogP contribution in [0.25, 0.3) is 0 Å². The zero-order valence-corrected chi connectivity index (χ0v) is 10.9. The molecule has 0 aromatic heterocycles. The van der Waals surface area contributed by atoms with Crippen molar-refractivity contribution in [1.29, 1.82) is 0 Å². The highest BCUT2D eigenvalue weighted by Crippen LogP contribution is 2.23. The molecule has 0 N–H and O–H groups in total. The van der Waals surface area contributed by atoms with E-state index < -0.39 is 0 Å². The molecule has 1 aromatic rings. The SMILES string of the molecule is BrC(COc1ccccc1)OC1CCCC1. The third kappa shape index (κ3) is 3.80. The van der Waals surface area contributed by atoms with Crippen LogP contribution in [0.3, 0.4) is 0 Å². The van der Waals surface area contributed by atoms with Crippen LogP contribution in [0.4, 0.5) is 0 Å². The number of hydrogen-bond acceptors (Lipinski definition) is 2. The molecule has 3 heteroatoms. The molecule has 1 aliphatic carbocycles. The van der Waals surface area contributed by atoms with Crippen molar-refractivity contribution in [3.63, 3.8) is 0 Å². The van der Waals surface area contributed by atoms with Crippen molar-refractivity contribution in [2.45, 2.75) is 36.8 Å². The Bertz CT molecular complexity index is 296. The lowest BCUT2D eigenvalue weighted by molar-refractivity contribution is 0.0213. The molecule has 0 saturated heterocycles. The van der Waals surface area contributed by atoms with E-state index in [4.69, 9.17) is 9.47 Å². The lowest BCUT2D eigenvalue weighted by atomic mass is 10.3. The summed E-state index contributed by atoms with van der Waals surface area (Å²) in [5, 5.41) is -0.00388. The molecule has 1 aliphatic rings. The minimum Gasteiger partial charge on any atom is -0.490 e. The van der Waals surface area contributed by atoms with Crippen molar-refractivity contribution < 1.29 is 9.47 Å². The fourth-order valence-electron chi connectivity index (χ4n) is 1.95. The van der Waals surface area contributed by atoms with E-state index in [9.17, 15) is 0 Å². The second-order valence-electron chi connectivity index (χ2n) is 4.08.